The molecule has 1 aromatic rings. The van der Waals surface area contributed by atoms with E-state index in [2.05, 4.69) is 10.6 Å². The molecule has 3 amide bonds. The van der Waals surface area contributed by atoms with Crippen LogP contribution in [0, 0.1) is 0 Å². The Bertz CT molecular complexity index is 848. The van der Waals surface area contributed by atoms with Crippen LogP contribution >= 0.6 is 0 Å². The largest absolute Gasteiger partial charge is 0.466 e. The molecular formula is C26H41N3O6. The van der Waals surface area contributed by atoms with Crippen LogP contribution in [-0.4, -0.2) is 60.1 Å². The highest BCUT2D eigenvalue weighted by atomic mass is 16.6. The van der Waals surface area contributed by atoms with E-state index >= 15 is 0 Å². The van der Waals surface area contributed by atoms with Crippen molar-refractivity contribution < 1.29 is 28.7 Å². The minimum atomic E-state index is -0.939. The topological polar surface area (TPSA) is 114 Å². The highest BCUT2D eigenvalue weighted by molar-refractivity contribution is 5.90. The molecule has 1 rings (SSSR count). The van der Waals surface area contributed by atoms with Crippen LogP contribution in [0.3, 0.4) is 0 Å². The van der Waals surface area contributed by atoms with Crippen LogP contribution in [0.4, 0.5) is 4.79 Å². The van der Waals surface area contributed by atoms with Crippen molar-refractivity contribution in [3.63, 3.8) is 0 Å². The summed E-state index contributed by atoms with van der Waals surface area (Å²) < 4.78 is 10.1. The summed E-state index contributed by atoms with van der Waals surface area (Å²) in [6, 6.07) is 6.27. The Balaban J connectivity index is 3.18. The van der Waals surface area contributed by atoms with Crippen LogP contribution in [0.25, 0.3) is 0 Å². The predicted molar refractivity (Wildman–Crippen MR) is 134 cm³/mol. The maximum Gasteiger partial charge on any atom is 0.408 e. The zero-order valence-electron chi connectivity index (χ0n) is 22.1. The number of rotatable bonds is 12. The molecule has 0 heterocycles. The monoisotopic (exact) mass is 491 g/mol. The van der Waals surface area contributed by atoms with Gasteiger partial charge in [-0.2, -0.15) is 0 Å². The molecule has 0 aliphatic heterocycles. The molecule has 35 heavy (non-hydrogen) atoms. The third-order valence-electron chi connectivity index (χ3n) is 5.30. The van der Waals surface area contributed by atoms with E-state index in [4.69, 9.17) is 9.47 Å². The van der Waals surface area contributed by atoms with Gasteiger partial charge < -0.3 is 25.0 Å². The number of nitrogens with one attached hydrogen (secondary N) is 2. The van der Waals surface area contributed by atoms with Crippen molar-refractivity contribution in [1.82, 2.24) is 15.5 Å². The summed E-state index contributed by atoms with van der Waals surface area (Å²) in [4.78, 5) is 52.0. The quantitative estimate of drug-likeness (QED) is 0.433. The number of alkyl carbamates (subject to hydrolysis) is 1. The summed E-state index contributed by atoms with van der Waals surface area (Å²) in [6.45, 7) is 12.7. The fourth-order valence-corrected chi connectivity index (χ4v) is 3.39. The number of amides is 3. The standard InChI is InChI=1S/C26H41N3O6/c1-8-18(4)29(21(30)17-28-25(33)35-26(5,6)7)23(20-13-11-19(9-2)12-14-20)24(32)27-16-15-22(31)34-10-3/h11-14,18,23H,8-10,15-17H2,1-7H3,(H,27,32)(H,28,33). The molecule has 0 spiro atoms. The number of aryl methyl sites for hydroxylation is 1. The van der Waals surface area contributed by atoms with Crippen LogP contribution in [0.15, 0.2) is 24.3 Å². The van der Waals surface area contributed by atoms with Gasteiger partial charge in [0, 0.05) is 12.6 Å². The minimum Gasteiger partial charge on any atom is -0.466 e. The number of hydrogen-bond acceptors (Lipinski definition) is 6. The van der Waals surface area contributed by atoms with Gasteiger partial charge in [-0.15, -0.1) is 0 Å². The number of benzene rings is 1. The molecule has 2 unspecified atom stereocenters. The van der Waals surface area contributed by atoms with Gasteiger partial charge in [0.1, 0.15) is 18.2 Å². The van der Waals surface area contributed by atoms with E-state index in [1.165, 1.54) is 4.90 Å². The maximum absolute atomic E-state index is 13.4. The Morgan fingerprint density at radius 1 is 1.00 bits per heavy atom. The molecule has 0 radical (unpaired) electrons. The van der Waals surface area contributed by atoms with E-state index < -0.39 is 35.5 Å². The van der Waals surface area contributed by atoms with E-state index in [-0.39, 0.29) is 32.2 Å². The average Bonchev–Trinajstić information content (AvgIpc) is 2.79. The molecule has 0 aromatic heterocycles. The highest BCUT2D eigenvalue weighted by Gasteiger charge is 2.34. The van der Waals surface area contributed by atoms with Crippen LogP contribution in [-0.2, 0) is 30.3 Å². The Morgan fingerprint density at radius 2 is 1.63 bits per heavy atom. The second-order valence-corrected chi connectivity index (χ2v) is 9.26. The van der Waals surface area contributed by atoms with Gasteiger partial charge in [0.25, 0.3) is 0 Å². The van der Waals surface area contributed by atoms with E-state index in [9.17, 15) is 19.2 Å². The Kier molecular flexibility index (Phi) is 12.3. The first-order chi connectivity index (χ1) is 16.4. The van der Waals surface area contributed by atoms with Gasteiger partial charge >= 0.3 is 12.1 Å². The third kappa shape index (κ3) is 10.4. The van der Waals surface area contributed by atoms with Crippen molar-refractivity contribution in [2.24, 2.45) is 0 Å². The lowest BCUT2D eigenvalue weighted by Crippen LogP contribution is -2.51. The molecule has 0 aliphatic rings. The molecule has 0 fully saturated rings. The SMILES string of the molecule is CCOC(=O)CCNC(=O)C(c1ccc(CC)cc1)N(C(=O)CNC(=O)OC(C)(C)C)C(C)CC. The molecule has 1 aromatic carbocycles. The zero-order valence-corrected chi connectivity index (χ0v) is 22.1. The molecule has 0 saturated heterocycles. The molecule has 9 heteroatoms. The summed E-state index contributed by atoms with van der Waals surface area (Å²) in [6.07, 6.45) is 0.749. The molecular weight excluding hydrogens is 450 g/mol. The van der Waals surface area contributed by atoms with E-state index in [1.807, 2.05) is 45.0 Å². The lowest BCUT2D eigenvalue weighted by Gasteiger charge is -2.36. The molecule has 0 saturated carbocycles. The van der Waals surface area contributed by atoms with Gasteiger partial charge in [-0.05, 0) is 58.6 Å². The van der Waals surface area contributed by atoms with Crippen molar-refractivity contribution in [2.75, 3.05) is 19.7 Å². The van der Waals surface area contributed by atoms with Crippen LogP contribution in [0.2, 0.25) is 0 Å². The van der Waals surface area contributed by atoms with E-state index in [1.54, 1.807) is 27.7 Å². The number of ether oxygens (including phenoxy) is 2. The minimum absolute atomic E-state index is 0.0263. The predicted octanol–water partition coefficient (Wildman–Crippen LogP) is 3.51. The van der Waals surface area contributed by atoms with Crippen molar-refractivity contribution in [1.29, 1.82) is 0 Å². The Labute approximate surface area is 208 Å². The Morgan fingerprint density at radius 3 is 2.14 bits per heavy atom. The van der Waals surface area contributed by atoms with E-state index in [0.29, 0.717) is 12.0 Å². The zero-order chi connectivity index (χ0) is 26.6. The summed E-state index contributed by atoms with van der Waals surface area (Å²) in [5, 5.41) is 5.25. The second-order valence-electron chi connectivity index (χ2n) is 9.26. The van der Waals surface area contributed by atoms with Crippen LogP contribution in [0.5, 0.6) is 0 Å². The van der Waals surface area contributed by atoms with E-state index in [0.717, 1.165) is 12.0 Å². The summed E-state index contributed by atoms with van der Waals surface area (Å²) in [5.74, 6) is -1.24. The highest BCUT2D eigenvalue weighted by Crippen LogP contribution is 2.26. The Hall–Kier alpha value is -3.10. The number of carbonyl (C=O) groups excluding carboxylic acids is 4. The van der Waals surface area contributed by atoms with Crippen molar-refractivity contribution in [2.45, 2.75) is 85.4 Å². The average molecular weight is 492 g/mol. The fourth-order valence-electron chi connectivity index (χ4n) is 3.39. The summed E-state index contributed by atoms with van der Waals surface area (Å²) in [5.41, 5.74) is 1.04. The van der Waals surface area contributed by atoms with Crippen LogP contribution < -0.4 is 10.6 Å². The first-order valence-corrected chi connectivity index (χ1v) is 12.2. The fraction of sp³-hybridized carbons (Fsp3) is 0.615. The van der Waals surface area contributed by atoms with Gasteiger partial charge in [-0.1, -0.05) is 38.1 Å². The summed E-state index contributed by atoms with van der Waals surface area (Å²) >= 11 is 0. The second kappa shape index (κ2) is 14.3. The number of hydrogen-bond donors (Lipinski definition) is 2. The molecule has 0 aliphatic carbocycles. The maximum atomic E-state index is 13.4. The smallest absolute Gasteiger partial charge is 0.408 e. The van der Waals surface area contributed by atoms with Gasteiger partial charge in [-0.25, -0.2) is 4.79 Å². The third-order valence-corrected chi connectivity index (χ3v) is 5.30. The van der Waals surface area contributed by atoms with Crippen molar-refractivity contribution in [3.8, 4) is 0 Å². The van der Waals surface area contributed by atoms with Crippen LogP contribution in [0.1, 0.15) is 78.5 Å². The first-order valence-electron chi connectivity index (χ1n) is 12.2. The lowest BCUT2D eigenvalue weighted by atomic mass is 9.99. The normalized spacial score (nSPS) is 12.8. The first kappa shape index (κ1) is 29.9. The van der Waals surface area contributed by atoms with Gasteiger partial charge in [0.15, 0.2) is 0 Å². The molecule has 0 bridgehead atoms. The number of carbonyl (C=O) groups is 4. The number of esters is 1. The lowest BCUT2D eigenvalue weighted by molar-refractivity contribution is -0.144. The van der Waals surface area contributed by atoms with Gasteiger partial charge in [-0.3, -0.25) is 14.4 Å². The van der Waals surface area contributed by atoms with Crippen molar-refractivity contribution in [3.05, 3.63) is 35.4 Å². The summed E-state index contributed by atoms with van der Waals surface area (Å²) in [7, 11) is 0. The molecule has 196 valence electrons. The van der Waals surface area contributed by atoms with Crippen molar-refractivity contribution >= 4 is 23.9 Å². The molecule has 9 nitrogen and oxygen atoms in total. The molecule has 2 N–H and O–H groups in total. The van der Waals surface area contributed by atoms with Gasteiger partial charge in [0.05, 0.1) is 13.0 Å². The van der Waals surface area contributed by atoms with Gasteiger partial charge in [0.2, 0.25) is 11.8 Å². The number of nitrogens with zero attached hydrogens (tertiary/aromatic N) is 1. The molecule has 2 atom stereocenters.